The van der Waals surface area contributed by atoms with Crippen LogP contribution in [-0.2, 0) is 13.0 Å². The van der Waals surface area contributed by atoms with Gasteiger partial charge in [-0.05, 0) is 24.1 Å². The minimum absolute atomic E-state index is 0.470. The molecule has 0 atom stereocenters. The summed E-state index contributed by atoms with van der Waals surface area (Å²) < 4.78 is 1.75. The Labute approximate surface area is 109 Å². The molecule has 0 fully saturated rings. The molecular formula is C11H12Cl2N4. The average Bonchev–Trinajstić information content (AvgIpc) is 2.63. The van der Waals surface area contributed by atoms with Gasteiger partial charge in [0.2, 0.25) is 0 Å². The lowest BCUT2D eigenvalue weighted by Crippen LogP contribution is -2.07. The summed E-state index contributed by atoms with van der Waals surface area (Å²) in [6.45, 7) is 2.55. The molecule has 0 amide bonds. The Kier molecular flexibility index (Phi) is 3.54. The first kappa shape index (κ1) is 12.2. The Balaban J connectivity index is 2.31. The second-order valence-corrected chi connectivity index (χ2v) is 4.51. The van der Waals surface area contributed by atoms with Crippen molar-refractivity contribution in [2.45, 2.75) is 19.9 Å². The lowest BCUT2D eigenvalue weighted by atomic mass is 10.2. The molecule has 90 valence electrons. The molecule has 2 rings (SSSR count). The van der Waals surface area contributed by atoms with Gasteiger partial charge in [0, 0.05) is 10.0 Å². The summed E-state index contributed by atoms with van der Waals surface area (Å²) in [5.74, 6) is 0.470. The third kappa shape index (κ3) is 2.53. The Bertz CT molecular complexity index is 536. The van der Waals surface area contributed by atoms with Crippen molar-refractivity contribution >= 4 is 29.0 Å². The van der Waals surface area contributed by atoms with Crippen LogP contribution in [0.2, 0.25) is 10.0 Å². The van der Waals surface area contributed by atoms with Gasteiger partial charge in [0.15, 0.2) is 5.82 Å². The minimum atomic E-state index is 0.470. The Morgan fingerprint density at radius 1 is 1.35 bits per heavy atom. The summed E-state index contributed by atoms with van der Waals surface area (Å²) in [5.41, 5.74) is 7.57. The molecular weight excluding hydrogens is 259 g/mol. The first-order valence-electron chi connectivity index (χ1n) is 5.23. The van der Waals surface area contributed by atoms with Crippen LogP contribution in [0.25, 0.3) is 0 Å². The van der Waals surface area contributed by atoms with Gasteiger partial charge in [0.1, 0.15) is 0 Å². The normalized spacial score (nSPS) is 10.8. The Morgan fingerprint density at radius 2 is 2.12 bits per heavy atom. The van der Waals surface area contributed by atoms with E-state index in [1.165, 1.54) is 0 Å². The second kappa shape index (κ2) is 4.94. The highest BCUT2D eigenvalue weighted by molar-refractivity contribution is 6.35. The molecule has 0 bridgehead atoms. The van der Waals surface area contributed by atoms with E-state index in [1.54, 1.807) is 16.8 Å². The maximum absolute atomic E-state index is 6.10. The molecule has 0 aliphatic carbocycles. The van der Waals surface area contributed by atoms with Gasteiger partial charge >= 0.3 is 0 Å². The van der Waals surface area contributed by atoms with Crippen molar-refractivity contribution in [1.29, 1.82) is 0 Å². The number of halogens is 2. The van der Waals surface area contributed by atoms with Gasteiger partial charge in [0.05, 0.1) is 12.2 Å². The van der Waals surface area contributed by atoms with E-state index in [9.17, 15) is 0 Å². The number of nitrogens with two attached hydrogens (primary N) is 1. The smallest absolute Gasteiger partial charge is 0.169 e. The molecule has 1 aromatic carbocycles. The predicted octanol–water partition coefficient (Wildman–Crippen LogP) is 2.78. The number of hydrogen-bond acceptors (Lipinski definition) is 3. The van der Waals surface area contributed by atoms with Crippen molar-refractivity contribution in [3.05, 3.63) is 39.5 Å². The van der Waals surface area contributed by atoms with Gasteiger partial charge in [-0.3, -0.25) is 0 Å². The molecule has 0 unspecified atom stereocenters. The van der Waals surface area contributed by atoms with Crippen LogP contribution in [0.5, 0.6) is 0 Å². The van der Waals surface area contributed by atoms with Gasteiger partial charge in [-0.2, -0.15) is 0 Å². The molecule has 0 spiro atoms. The maximum Gasteiger partial charge on any atom is 0.169 e. The molecule has 2 N–H and O–H groups in total. The fourth-order valence-electron chi connectivity index (χ4n) is 1.65. The number of nitrogens with zero attached hydrogens (tertiary/aromatic N) is 3. The minimum Gasteiger partial charge on any atom is -0.381 e. The maximum atomic E-state index is 6.10. The van der Waals surface area contributed by atoms with Gasteiger partial charge in [0.25, 0.3) is 0 Å². The number of hydrogen-bond donors (Lipinski definition) is 1. The molecule has 1 heterocycles. The van der Waals surface area contributed by atoms with Crippen LogP contribution in [0.3, 0.4) is 0 Å². The van der Waals surface area contributed by atoms with Crippen molar-refractivity contribution in [1.82, 2.24) is 15.0 Å². The number of aromatic nitrogens is 3. The van der Waals surface area contributed by atoms with Gasteiger partial charge in [-0.15, -0.1) is 5.10 Å². The van der Waals surface area contributed by atoms with Crippen LogP contribution in [-0.4, -0.2) is 15.0 Å². The van der Waals surface area contributed by atoms with Crippen LogP contribution in [0.1, 0.15) is 18.2 Å². The molecule has 0 saturated carbocycles. The zero-order chi connectivity index (χ0) is 12.4. The van der Waals surface area contributed by atoms with E-state index in [0.717, 1.165) is 17.7 Å². The van der Waals surface area contributed by atoms with Crippen LogP contribution in [0, 0.1) is 0 Å². The summed E-state index contributed by atoms with van der Waals surface area (Å²) in [6.07, 6.45) is 0.782. The van der Waals surface area contributed by atoms with E-state index in [-0.39, 0.29) is 0 Å². The quantitative estimate of drug-likeness (QED) is 0.933. The summed E-state index contributed by atoms with van der Waals surface area (Å²) >= 11 is 11.9. The second-order valence-electron chi connectivity index (χ2n) is 3.67. The first-order valence-corrected chi connectivity index (χ1v) is 5.99. The van der Waals surface area contributed by atoms with Gasteiger partial charge in [-0.1, -0.05) is 41.4 Å². The van der Waals surface area contributed by atoms with Crippen molar-refractivity contribution < 1.29 is 0 Å². The number of rotatable bonds is 3. The summed E-state index contributed by atoms with van der Waals surface area (Å²) in [5, 5.41) is 9.09. The molecule has 0 aliphatic rings. The highest BCUT2D eigenvalue weighted by Gasteiger charge is 2.10. The van der Waals surface area contributed by atoms with Gasteiger partial charge < -0.3 is 5.73 Å². The SMILES string of the molecule is CCc1c(N)nnn1Cc1ccc(Cl)cc1Cl. The Morgan fingerprint density at radius 3 is 2.76 bits per heavy atom. The highest BCUT2D eigenvalue weighted by atomic mass is 35.5. The number of anilines is 1. The van der Waals surface area contributed by atoms with E-state index >= 15 is 0 Å². The third-order valence-corrected chi connectivity index (χ3v) is 3.12. The molecule has 0 radical (unpaired) electrons. The van der Waals surface area contributed by atoms with Crippen molar-refractivity contribution in [2.75, 3.05) is 5.73 Å². The van der Waals surface area contributed by atoms with Crippen LogP contribution < -0.4 is 5.73 Å². The van der Waals surface area contributed by atoms with E-state index in [1.807, 2.05) is 13.0 Å². The predicted molar refractivity (Wildman–Crippen MR) is 69.4 cm³/mol. The van der Waals surface area contributed by atoms with Crippen molar-refractivity contribution in [2.24, 2.45) is 0 Å². The molecule has 17 heavy (non-hydrogen) atoms. The lowest BCUT2D eigenvalue weighted by molar-refractivity contribution is 0.622. The Hall–Kier alpha value is -1.26. The third-order valence-electron chi connectivity index (χ3n) is 2.54. The number of benzene rings is 1. The zero-order valence-corrected chi connectivity index (χ0v) is 10.8. The van der Waals surface area contributed by atoms with E-state index in [0.29, 0.717) is 22.4 Å². The lowest BCUT2D eigenvalue weighted by Gasteiger charge is -2.07. The van der Waals surface area contributed by atoms with Gasteiger partial charge in [-0.25, -0.2) is 4.68 Å². The molecule has 6 heteroatoms. The summed E-state index contributed by atoms with van der Waals surface area (Å²) in [4.78, 5) is 0. The molecule has 2 aromatic rings. The van der Waals surface area contributed by atoms with Crippen molar-refractivity contribution in [3.63, 3.8) is 0 Å². The van der Waals surface area contributed by atoms with E-state index in [4.69, 9.17) is 28.9 Å². The summed E-state index contributed by atoms with van der Waals surface area (Å²) in [7, 11) is 0. The zero-order valence-electron chi connectivity index (χ0n) is 9.32. The highest BCUT2D eigenvalue weighted by Crippen LogP contribution is 2.22. The molecule has 0 aliphatic heterocycles. The van der Waals surface area contributed by atoms with Crippen LogP contribution >= 0.6 is 23.2 Å². The standard InChI is InChI=1S/C11H12Cl2N4/c1-2-10-11(14)15-16-17(10)6-7-3-4-8(12)5-9(7)13/h3-5H,2,6,14H2,1H3. The topological polar surface area (TPSA) is 56.7 Å². The molecule has 1 aromatic heterocycles. The fourth-order valence-corrected chi connectivity index (χ4v) is 2.12. The fraction of sp³-hybridized carbons (Fsp3) is 0.273. The van der Waals surface area contributed by atoms with E-state index in [2.05, 4.69) is 10.3 Å². The van der Waals surface area contributed by atoms with Crippen molar-refractivity contribution in [3.8, 4) is 0 Å². The average molecular weight is 271 g/mol. The summed E-state index contributed by atoms with van der Waals surface area (Å²) in [6, 6.07) is 5.39. The molecule has 4 nitrogen and oxygen atoms in total. The van der Waals surface area contributed by atoms with Crippen LogP contribution in [0.4, 0.5) is 5.82 Å². The number of nitrogen functional groups attached to an aromatic ring is 1. The monoisotopic (exact) mass is 270 g/mol. The molecule has 0 saturated heterocycles. The van der Waals surface area contributed by atoms with E-state index < -0.39 is 0 Å². The largest absolute Gasteiger partial charge is 0.381 e. The van der Waals surface area contributed by atoms with Crippen LogP contribution in [0.15, 0.2) is 18.2 Å². The first-order chi connectivity index (χ1) is 8.11.